The first-order valence-corrected chi connectivity index (χ1v) is 6.99. The molecule has 1 aliphatic carbocycles. The van der Waals surface area contributed by atoms with Crippen LogP contribution in [0.2, 0.25) is 0 Å². The predicted molar refractivity (Wildman–Crippen MR) is 77.6 cm³/mol. The normalized spacial score (nSPS) is 27.4. The summed E-state index contributed by atoms with van der Waals surface area (Å²) in [6.07, 6.45) is 8.72. The van der Waals surface area contributed by atoms with Crippen LogP contribution in [0.25, 0.3) is 6.08 Å². The zero-order valence-electron chi connectivity index (χ0n) is 11.8. The van der Waals surface area contributed by atoms with Crippen LogP contribution in [0.4, 0.5) is 0 Å². The van der Waals surface area contributed by atoms with Crippen molar-refractivity contribution in [3.05, 3.63) is 42.0 Å². The molecule has 0 atom stereocenters. The van der Waals surface area contributed by atoms with Gasteiger partial charge in [0.2, 0.25) is 0 Å². The third-order valence-electron chi connectivity index (χ3n) is 3.89. The minimum atomic E-state index is -0.159. The number of rotatable bonds is 3. The van der Waals surface area contributed by atoms with Gasteiger partial charge in [-0.3, -0.25) is 4.79 Å². The van der Waals surface area contributed by atoms with Crippen LogP contribution in [0.15, 0.2) is 36.4 Å². The van der Waals surface area contributed by atoms with Gasteiger partial charge < -0.3 is 4.74 Å². The fourth-order valence-corrected chi connectivity index (χ4v) is 2.63. The van der Waals surface area contributed by atoms with Gasteiger partial charge in [-0.15, -0.1) is 0 Å². The van der Waals surface area contributed by atoms with Gasteiger partial charge >= 0.3 is 5.97 Å². The Hall–Kier alpha value is -1.57. The number of ether oxygens (including phenoxy) is 1. The molecule has 1 aliphatic rings. The highest BCUT2D eigenvalue weighted by molar-refractivity contribution is 5.66. The van der Waals surface area contributed by atoms with Crippen LogP contribution in [0.1, 0.15) is 45.1 Å². The molecular weight excluding hydrogens is 236 g/mol. The summed E-state index contributed by atoms with van der Waals surface area (Å²) in [4.78, 5) is 10.9. The van der Waals surface area contributed by atoms with Crippen molar-refractivity contribution in [2.45, 2.75) is 45.6 Å². The number of benzene rings is 1. The van der Waals surface area contributed by atoms with E-state index in [2.05, 4.69) is 43.3 Å². The molecule has 0 saturated heterocycles. The molecule has 2 heteroatoms. The first-order valence-electron chi connectivity index (χ1n) is 6.99. The van der Waals surface area contributed by atoms with Crippen molar-refractivity contribution >= 4 is 12.0 Å². The number of allylic oxidation sites excluding steroid dienone is 1. The van der Waals surface area contributed by atoms with Crippen LogP contribution in [0.5, 0.6) is 0 Å². The van der Waals surface area contributed by atoms with Crippen LogP contribution in [0, 0.1) is 5.41 Å². The van der Waals surface area contributed by atoms with Crippen molar-refractivity contribution in [1.82, 2.24) is 0 Å². The standard InChI is InChI=1S/C17H22O2/c1-14(18)19-16-9-12-17(2,13-10-16)11-8-15-6-4-3-5-7-15/h3-8,11,16H,9-10,12-13H2,1-2H3/b11-8+. The maximum absolute atomic E-state index is 10.9. The first-order chi connectivity index (χ1) is 9.07. The predicted octanol–water partition coefficient (Wildman–Crippen LogP) is 4.21. The van der Waals surface area contributed by atoms with E-state index in [0.717, 1.165) is 25.7 Å². The Balaban J connectivity index is 1.91. The van der Waals surface area contributed by atoms with Crippen molar-refractivity contribution in [2.75, 3.05) is 0 Å². The summed E-state index contributed by atoms with van der Waals surface area (Å²) in [5.41, 5.74) is 1.47. The fourth-order valence-electron chi connectivity index (χ4n) is 2.63. The highest BCUT2D eigenvalue weighted by Gasteiger charge is 2.30. The molecular formula is C17H22O2. The minimum absolute atomic E-state index is 0.121. The lowest BCUT2D eigenvalue weighted by atomic mass is 9.74. The molecule has 2 rings (SSSR count). The van der Waals surface area contributed by atoms with Crippen molar-refractivity contribution in [3.63, 3.8) is 0 Å². The lowest BCUT2D eigenvalue weighted by Crippen LogP contribution is -2.28. The van der Waals surface area contributed by atoms with Gasteiger partial charge in [0.1, 0.15) is 6.10 Å². The minimum Gasteiger partial charge on any atom is -0.463 e. The monoisotopic (exact) mass is 258 g/mol. The molecule has 0 bridgehead atoms. The molecule has 1 aromatic carbocycles. The summed E-state index contributed by atoms with van der Waals surface area (Å²) in [7, 11) is 0. The molecule has 102 valence electrons. The summed E-state index contributed by atoms with van der Waals surface area (Å²) < 4.78 is 5.28. The van der Waals surface area contributed by atoms with Crippen LogP contribution in [0.3, 0.4) is 0 Å². The zero-order valence-corrected chi connectivity index (χ0v) is 11.8. The number of esters is 1. The Morgan fingerprint density at radius 1 is 1.26 bits per heavy atom. The Kier molecular flexibility index (Phi) is 4.41. The third-order valence-corrected chi connectivity index (χ3v) is 3.89. The quantitative estimate of drug-likeness (QED) is 0.759. The second-order valence-corrected chi connectivity index (χ2v) is 5.71. The first kappa shape index (κ1) is 13.9. The van der Waals surface area contributed by atoms with Gasteiger partial charge in [0.15, 0.2) is 0 Å². The molecule has 0 spiro atoms. The Morgan fingerprint density at radius 3 is 2.47 bits per heavy atom. The molecule has 0 heterocycles. The summed E-state index contributed by atoms with van der Waals surface area (Å²) in [5.74, 6) is -0.159. The van der Waals surface area contributed by atoms with E-state index in [1.165, 1.54) is 12.5 Å². The molecule has 0 unspecified atom stereocenters. The number of carbonyl (C=O) groups excluding carboxylic acids is 1. The van der Waals surface area contributed by atoms with Gasteiger partial charge in [0.25, 0.3) is 0 Å². The van der Waals surface area contributed by atoms with Gasteiger partial charge in [-0.05, 0) is 36.7 Å². The Labute approximate surface area is 115 Å². The average Bonchev–Trinajstić information content (AvgIpc) is 2.40. The highest BCUT2D eigenvalue weighted by Crippen LogP contribution is 2.38. The highest BCUT2D eigenvalue weighted by atomic mass is 16.5. The molecule has 0 N–H and O–H groups in total. The van der Waals surface area contributed by atoms with E-state index >= 15 is 0 Å². The van der Waals surface area contributed by atoms with Gasteiger partial charge in [-0.2, -0.15) is 0 Å². The Bertz CT molecular complexity index is 440. The largest absolute Gasteiger partial charge is 0.463 e. The Morgan fingerprint density at radius 2 is 1.89 bits per heavy atom. The molecule has 0 radical (unpaired) electrons. The van der Waals surface area contributed by atoms with Crippen molar-refractivity contribution in [2.24, 2.45) is 5.41 Å². The molecule has 1 saturated carbocycles. The van der Waals surface area contributed by atoms with Crippen molar-refractivity contribution in [3.8, 4) is 0 Å². The summed E-state index contributed by atoms with van der Waals surface area (Å²) in [6.45, 7) is 3.78. The zero-order chi connectivity index (χ0) is 13.7. The topological polar surface area (TPSA) is 26.3 Å². The number of hydrogen-bond donors (Lipinski definition) is 0. The lowest BCUT2D eigenvalue weighted by Gasteiger charge is -2.34. The van der Waals surface area contributed by atoms with Crippen LogP contribution < -0.4 is 0 Å². The summed E-state index contributed by atoms with van der Waals surface area (Å²) in [5, 5.41) is 0. The average molecular weight is 258 g/mol. The molecule has 2 nitrogen and oxygen atoms in total. The van der Waals surface area contributed by atoms with E-state index in [0.29, 0.717) is 0 Å². The van der Waals surface area contributed by atoms with E-state index in [4.69, 9.17) is 4.74 Å². The van der Waals surface area contributed by atoms with E-state index in [9.17, 15) is 4.79 Å². The molecule has 0 aromatic heterocycles. The molecule has 0 aliphatic heterocycles. The van der Waals surface area contributed by atoms with Crippen molar-refractivity contribution in [1.29, 1.82) is 0 Å². The number of hydrogen-bond acceptors (Lipinski definition) is 2. The van der Waals surface area contributed by atoms with E-state index < -0.39 is 0 Å². The smallest absolute Gasteiger partial charge is 0.302 e. The van der Waals surface area contributed by atoms with Gasteiger partial charge in [0, 0.05) is 6.92 Å². The maximum Gasteiger partial charge on any atom is 0.302 e. The molecule has 19 heavy (non-hydrogen) atoms. The molecule has 0 amide bonds. The SMILES string of the molecule is CC(=O)OC1CCC(C)(/C=C/c2ccccc2)CC1. The number of carbonyl (C=O) groups is 1. The van der Waals surface area contributed by atoms with E-state index in [1.807, 2.05) is 6.07 Å². The molecule has 1 fully saturated rings. The summed E-state index contributed by atoms with van der Waals surface area (Å²) in [6, 6.07) is 10.4. The van der Waals surface area contributed by atoms with Gasteiger partial charge in [0.05, 0.1) is 0 Å². The third kappa shape index (κ3) is 4.23. The van der Waals surface area contributed by atoms with Crippen molar-refractivity contribution < 1.29 is 9.53 Å². The maximum atomic E-state index is 10.9. The fraction of sp³-hybridized carbons (Fsp3) is 0.471. The van der Waals surface area contributed by atoms with Crippen LogP contribution in [-0.4, -0.2) is 12.1 Å². The molecule has 1 aromatic rings. The second kappa shape index (κ2) is 6.05. The lowest BCUT2D eigenvalue weighted by molar-refractivity contribution is -0.148. The summed E-state index contributed by atoms with van der Waals surface area (Å²) >= 11 is 0. The second-order valence-electron chi connectivity index (χ2n) is 5.71. The van der Waals surface area contributed by atoms with Gasteiger partial charge in [-0.25, -0.2) is 0 Å². The van der Waals surface area contributed by atoms with Gasteiger partial charge in [-0.1, -0.05) is 49.4 Å². The van der Waals surface area contributed by atoms with E-state index in [-0.39, 0.29) is 17.5 Å². The van der Waals surface area contributed by atoms with Crippen LogP contribution >= 0.6 is 0 Å². The van der Waals surface area contributed by atoms with Crippen LogP contribution in [-0.2, 0) is 9.53 Å². The van der Waals surface area contributed by atoms with E-state index in [1.54, 1.807) is 0 Å².